The molecule has 3 aliphatic rings. The predicted octanol–water partition coefficient (Wildman–Crippen LogP) is 5.62. The number of carbonyl (C=O) groups excluding carboxylic acids is 1. The lowest BCUT2D eigenvalue weighted by Gasteiger charge is -2.47. The van der Waals surface area contributed by atoms with Crippen molar-refractivity contribution in [3.8, 4) is 28.4 Å². The highest BCUT2D eigenvalue weighted by Crippen LogP contribution is 2.53. The number of carbonyl (C=O) groups is 2. The van der Waals surface area contributed by atoms with Crippen LogP contribution in [-0.4, -0.2) is 37.4 Å². The summed E-state index contributed by atoms with van der Waals surface area (Å²) in [5.41, 5.74) is 2.10. The van der Waals surface area contributed by atoms with Crippen LogP contribution in [0.15, 0.2) is 30.3 Å². The van der Waals surface area contributed by atoms with Gasteiger partial charge in [0, 0.05) is 11.1 Å². The topological polar surface area (TPSA) is 91.3 Å². The predicted molar refractivity (Wildman–Crippen MR) is 129 cm³/mol. The Bertz CT molecular complexity index is 1130. The molecule has 186 valence electrons. The molecule has 7 nitrogen and oxygen atoms in total. The summed E-state index contributed by atoms with van der Waals surface area (Å²) in [5.74, 6) is 0.511. The van der Waals surface area contributed by atoms with Gasteiger partial charge in [0.1, 0.15) is 18.1 Å². The molecule has 0 aromatic heterocycles. The van der Waals surface area contributed by atoms with Crippen molar-refractivity contribution < 1.29 is 33.6 Å². The lowest BCUT2D eigenvalue weighted by Crippen LogP contribution is -2.54. The number of methoxy groups -OCH3 is 2. The van der Waals surface area contributed by atoms with E-state index in [-0.39, 0.29) is 18.5 Å². The molecular weight excluding hydrogens is 448 g/mol. The van der Waals surface area contributed by atoms with E-state index >= 15 is 0 Å². The zero-order valence-corrected chi connectivity index (χ0v) is 20.3. The van der Waals surface area contributed by atoms with Gasteiger partial charge >= 0.3 is 11.9 Å². The van der Waals surface area contributed by atoms with E-state index in [4.69, 9.17) is 18.9 Å². The quantitative estimate of drug-likeness (QED) is 0.490. The molecular formula is C28H32O7. The van der Waals surface area contributed by atoms with E-state index in [0.29, 0.717) is 35.7 Å². The molecule has 5 rings (SSSR count). The minimum absolute atomic E-state index is 0.162. The fraction of sp³-hybridized carbons (Fsp3) is 0.500. The maximum atomic E-state index is 12.6. The molecule has 1 atom stereocenters. The monoisotopic (exact) mass is 480 g/mol. The van der Waals surface area contributed by atoms with Crippen molar-refractivity contribution in [1.29, 1.82) is 0 Å². The number of benzene rings is 2. The van der Waals surface area contributed by atoms with Gasteiger partial charge in [0.2, 0.25) is 5.75 Å². The van der Waals surface area contributed by atoms with Crippen LogP contribution in [0, 0.1) is 11.3 Å². The lowest BCUT2D eigenvalue weighted by atomic mass is 9.60. The van der Waals surface area contributed by atoms with Gasteiger partial charge in [-0.3, -0.25) is 4.79 Å². The number of cyclic esters (lactones) is 1. The van der Waals surface area contributed by atoms with E-state index in [9.17, 15) is 14.7 Å². The highest BCUT2D eigenvalue weighted by atomic mass is 16.5. The fourth-order valence-electron chi connectivity index (χ4n) is 5.95. The number of fused-ring (bicyclic) bond motifs is 1. The van der Waals surface area contributed by atoms with Gasteiger partial charge in [-0.2, -0.15) is 0 Å². The molecule has 0 spiro atoms. The third-order valence-corrected chi connectivity index (χ3v) is 8.03. The van der Waals surface area contributed by atoms with E-state index in [1.54, 1.807) is 20.3 Å². The number of esters is 1. The van der Waals surface area contributed by atoms with Crippen molar-refractivity contribution in [1.82, 2.24) is 0 Å². The van der Waals surface area contributed by atoms with Crippen LogP contribution >= 0.6 is 0 Å². The number of carboxylic acid groups (broad SMARTS) is 1. The molecule has 0 amide bonds. The minimum atomic E-state index is -0.897. The standard InChI is InChI=1S/C28H32O7/c1-32-22-12-11-20(18-9-10-21-19(15-18)16-34-26(21)29)23(24(22)33-2)35-25(17-7-4-3-5-8-17)28(27(30)31)13-6-14-28/h9-12,15,17,25H,3-8,13-14,16H2,1-2H3,(H,30,31). The van der Waals surface area contributed by atoms with E-state index in [0.717, 1.165) is 48.8 Å². The average molecular weight is 481 g/mol. The van der Waals surface area contributed by atoms with Gasteiger partial charge in [0.05, 0.1) is 19.8 Å². The van der Waals surface area contributed by atoms with E-state index in [2.05, 4.69) is 0 Å². The molecule has 2 aromatic carbocycles. The number of rotatable bonds is 8. The van der Waals surface area contributed by atoms with Crippen molar-refractivity contribution in [2.24, 2.45) is 11.3 Å². The number of hydrogen-bond donors (Lipinski definition) is 1. The molecule has 2 aromatic rings. The van der Waals surface area contributed by atoms with Crippen LogP contribution in [0.1, 0.15) is 67.3 Å². The largest absolute Gasteiger partial charge is 0.493 e. The van der Waals surface area contributed by atoms with Gasteiger partial charge in [-0.05, 0) is 61.4 Å². The fourth-order valence-corrected chi connectivity index (χ4v) is 5.95. The van der Waals surface area contributed by atoms with Crippen LogP contribution in [0.3, 0.4) is 0 Å². The normalized spacial score (nSPS) is 19.8. The molecule has 0 radical (unpaired) electrons. The number of aliphatic carboxylic acids is 1. The summed E-state index contributed by atoms with van der Waals surface area (Å²) in [4.78, 5) is 24.5. The minimum Gasteiger partial charge on any atom is -0.493 e. The maximum Gasteiger partial charge on any atom is 0.338 e. The van der Waals surface area contributed by atoms with Crippen LogP contribution < -0.4 is 14.2 Å². The highest BCUT2D eigenvalue weighted by molar-refractivity contribution is 5.94. The zero-order valence-electron chi connectivity index (χ0n) is 20.3. The summed E-state index contributed by atoms with van der Waals surface area (Å²) in [6.07, 6.45) is 6.91. The van der Waals surface area contributed by atoms with Gasteiger partial charge in [-0.1, -0.05) is 31.7 Å². The first-order chi connectivity index (χ1) is 17.0. The van der Waals surface area contributed by atoms with Crippen LogP contribution in [0.4, 0.5) is 0 Å². The molecule has 1 unspecified atom stereocenters. The van der Waals surface area contributed by atoms with Crippen molar-refractivity contribution in [2.75, 3.05) is 14.2 Å². The highest BCUT2D eigenvalue weighted by Gasteiger charge is 2.55. The first kappa shape index (κ1) is 23.5. The molecule has 2 fully saturated rings. The summed E-state index contributed by atoms with van der Waals surface area (Å²) in [6, 6.07) is 9.29. The Kier molecular flexibility index (Phi) is 6.34. The van der Waals surface area contributed by atoms with Crippen molar-refractivity contribution in [2.45, 2.75) is 64.1 Å². The molecule has 0 saturated heterocycles. The lowest BCUT2D eigenvalue weighted by molar-refractivity contribution is -0.168. The number of hydrogen-bond acceptors (Lipinski definition) is 6. The van der Waals surface area contributed by atoms with Gasteiger partial charge in [-0.25, -0.2) is 4.79 Å². The van der Waals surface area contributed by atoms with Gasteiger partial charge in [0.15, 0.2) is 11.5 Å². The second-order valence-electron chi connectivity index (χ2n) is 9.88. The van der Waals surface area contributed by atoms with Crippen molar-refractivity contribution in [3.63, 3.8) is 0 Å². The summed E-state index contributed by atoms with van der Waals surface area (Å²) in [6.45, 7) is 0.234. The Morgan fingerprint density at radius 1 is 1.00 bits per heavy atom. The molecule has 1 N–H and O–H groups in total. The summed E-state index contributed by atoms with van der Waals surface area (Å²) >= 11 is 0. The van der Waals surface area contributed by atoms with Crippen LogP contribution in [0.5, 0.6) is 17.2 Å². The summed E-state index contributed by atoms with van der Waals surface area (Å²) in [7, 11) is 3.14. The SMILES string of the molecule is COc1ccc(-c2ccc3c(c2)COC3=O)c(OC(C2CCCCC2)C2(C(=O)O)CCC2)c1OC. The van der Waals surface area contributed by atoms with Crippen molar-refractivity contribution >= 4 is 11.9 Å². The average Bonchev–Trinajstić information content (AvgIpc) is 3.22. The Morgan fingerprint density at radius 3 is 2.37 bits per heavy atom. The first-order valence-corrected chi connectivity index (χ1v) is 12.4. The molecule has 1 heterocycles. The molecule has 2 saturated carbocycles. The van der Waals surface area contributed by atoms with Crippen LogP contribution in [-0.2, 0) is 16.1 Å². The summed E-state index contributed by atoms with van der Waals surface area (Å²) in [5, 5.41) is 10.3. The van der Waals surface area contributed by atoms with Gasteiger partial charge in [0.25, 0.3) is 0 Å². The Morgan fingerprint density at radius 2 is 1.74 bits per heavy atom. The van der Waals surface area contributed by atoms with Crippen LogP contribution in [0.25, 0.3) is 11.1 Å². The van der Waals surface area contributed by atoms with Crippen LogP contribution in [0.2, 0.25) is 0 Å². The van der Waals surface area contributed by atoms with Crippen molar-refractivity contribution in [3.05, 3.63) is 41.5 Å². The Balaban J connectivity index is 1.63. The van der Waals surface area contributed by atoms with E-state index in [1.165, 1.54) is 6.42 Å². The second kappa shape index (κ2) is 9.44. The Labute approximate surface area is 205 Å². The second-order valence-corrected chi connectivity index (χ2v) is 9.88. The molecule has 0 bridgehead atoms. The molecule has 2 aliphatic carbocycles. The Hall–Kier alpha value is -3.22. The molecule has 1 aliphatic heterocycles. The van der Waals surface area contributed by atoms with E-state index < -0.39 is 17.5 Å². The number of carboxylic acids is 1. The zero-order chi connectivity index (χ0) is 24.6. The first-order valence-electron chi connectivity index (χ1n) is 12.4. The number of ether oxygens (including phenoxy) is 4. The molecule has 35 heavy (non-hydrogen) atoms. The van der Waals surface area contributed by atoms with Gasteiger partial charge in [-0.15, -0.1) is 0 Å². The maximum absolute atomic E-state index is 12.6. The smallest absolute Gasteiger partial charge is 0.338 e. The third-order valence-electron chi connectivity index (χ3n) is 8.03. The van der Waals surface area contributed by atoms with E-state index in [1.807, 2.05) is 24.3 Å². The van der Waals surface area contributed by atoms with Gasteiger partial charge < -0.3 is 24.1 Å². The molecule has 7 heteroatoms. The summed E-state index contributed by atoms with van der Waals surface area (Å²) < 4.78 is 23.4. The third kappa shape index (κ3) is 4.01.